The van der Waals surface area contributed by atoms with Crippen LogP contribution in [0.15, 0.2) is 36.4 Å². The Kier molecular flexibility index (Phi) is 6.00. The number of hydrogen-bond acceptors (Lipinski definition) is 2. The first-order chi connectivity index (χ1) is 12.3. The van der Waals surface area contributed by atoms with Crippen LogP contribution in [-0.2, 0) is 17.8 Å². The first-order valence-electron chi connectivity index (χ1n) is 7.71. The van der Waals surface area contributed by atoms with E-state index in [4.69, 9.17) is 51.5 Å². The van der Waals surface area contributed by atoms with Gasteiger partial charge in [0.1, 0.15) is 6.04 Å². The highest BCUT2D eigenvalue weighted by Gasteiger charge is 2.26. The number of carboxylic acids is 1. The molecule has 1 aliphatic heterocycles. The Bertz CT molecular complexity index is 954. The van der Waals surface area contributed by atoms with Gasteiger partial charge in [0.05, 0.1) is 10.0 Å². The molecule has 2 heterocycles. The molecule has 4 rings (SSSR count). The second-order valence-corrected chi connectivity index (χ2v) is 7.50. The Labute approximate surface area is 170 Å². The van der Waals surface area contributed by atoms with Crippen molar-refractivity contribution in [2.24, 2.45) is 0 Å². The second kappa shape index (κ2) is 8.07. The monoisotopic (exact) mass is 430 g/mol. The summed E-state index contributed by atoms with van der Waals surface area (Å²) < 4.78 is 0. The molecule has 1 atom stereocenters. The molecule has 0 fully saturated rings. The van der Waals surface area contributed by atoms with Gasteiger partial charge in [-0.3, -0.25) is 10.1 Å². The minimum atomic E-state index is -0.838. The largest absolute Gasteiger partial charge is 0.480 e. The van der Waals surface area contributed by atoms with Crippen LogP contribution < -0.4 is 5.32 Å². The lowest BCUT2D eigenvalue weighted by Gasteiger charge is -2.20. The number of carbonyl (C=O) groups is 1. The average molecular weight is 432 g/mol. The summed E-state index contributed by atoms with van der Waals surface area (Å²) in [6.07, 6.45) is 0.447. The summed E-state index contributed by atoms with van der Waals surface area (Å²) in [4.78, 5) is 14.3. The third-order valence-electron chi connectivity index (χ3n) is 4.05. The van der Waals surface area contributed by atoms with E-state index in [-0.39, 0.29) is 0 Å². The molecular weight excluding hydrogens is 418 g/mol. The average Bonchev–Trinajstić information content (AvgIpc) is 2.92. The van der Waals surface area contributed by atoms with Crippen molar-refractivity contribution in [3.63, 3.8) is 0 Å². The number of benzene rings is 2. The highest BCUT2D eigenvalue weighted by Crippen LogP contribution is 2.33. The zero-order valence-corrected chi connectivity index (χ0v) is 16.3. The molecule has 3 aromatic rings. The molecule has 0 aliphatic carbocycles. The molecule has 2 aromatic carbocycles. The van der Waals surface area contributed by atoms with Crippen molar-refractivity contribution in [3.05, 3.63) is 67.7 Å². The lowest BCUT2D eigenvalue weighted by atomic mass is 9.99. The first-order valence-corrected chi connectivity index (χ1v) is 9.22. The number of fused-ring (bicyclic) bond motifs is 3. The minimum Gasteiger partial charge on any atom is -0.480 e. The quantitative estimate of drug-likeness (QED) is 0.472. The molecule has 0 radical (unpaired) electrons. The van der Waals surface area contributed by atoms with Crippen molar-refractivity contribution in [2.45, 2.75) is 19.0 Å². The molecule has 1 aromatic heterocycles. The van der Waals surface area contributed by atoms with Gasteiger partial charge in [-0.25, -0.2) is 0 Å². The number of rotatable bonds is 1. The van der Waals surface area contributed by atoms with E-state index < -0.39 is 12.0 Å². The van der Waals surface area contributed by atoms with Crippen molar-refractivity contribution >= 4 is 63.3 Å². The molecule has 1 unspecified atom stereocenters. The van der Waals surface area contributed by atoms with Gasteiger partial charge in [0, 0.05) is 39.6 Å². The fourth-order valence-corrected chi connectivity index (χ4v) is 3.58. The van der Waals surface area contributed by atoms with Crippen molar-refractivity contribution < 1.29 is 9.90 Å². The number of H-pyrrole nitrogens is 1. The summed E-state index contributed by atoms with van der Waals surface area (Å²) in [5.41, 5.74) is 2.90. The van der Waals surface area contributed by atoms with E-state index in [1.54, 1.807) is 30.3 Å². The van der Waals surface area contributed by atoms with Gasteiger partial charge < -0.3 is 10.1 Å². The van der Waals surface area contributed by atoms with Gasteiger partial charge in [-0.1, -0.05) is 52.5 Å². The lowest BCUT2D eigenvalue weighted by molar-refractivity contribution is -0.139. The Morgan fingerprint density at radius 1 is 1.04 bits per heavy atom. The van der Waals surface area contributed by atoms with Crippen LogP contribution in [0.25, 0.3) is 10.9 Å². The number of aliphatic carboxylic acids is 1. The maximum absolute atomic E-state index is 11.0. The predicted molar refractivity (Wildman–Crippen MR) is 107 cm³/mol. The maximum atomic E-state index is 11.0. The fraction of sp³-hybridized carbons (Fsp3) is 0.167. The molecule has 0 saturated heterocycles. The van der Waals surface area contributed by atoms with E-state index in [1.807, 2.05) is 6.07 Å². The van der Waals surface area contributed by atoms with Crippen LogP contribution in [-0.4, -0.2) is 22.1 Å². The van der Waals surface area contributed by atoms with Crippen LogP contribution in [0.3, 0.4) is 0 Å². The maximum Gasteiger partial charge on any atom is 0.321 e. The number of aromatic amines is 1. The Balaban J connectivity index is 0.000000206. The van der Waals surface area contributed by atoms with Crippen molar-refractivity contribution in [1.82, 2.24) is 10.3 Å². The Hall–Kier alpha value is -1.43. The molecule has 136 valence electrons. The van der Waals surface area contributed by atoms with E-state index in [9.17, 15) is 4.79 Å². The van der Waals surface area contributed by atoms with E-state index in [0.717, 1.165) is 22.2 Å². The fourth-order valence-electron chi connectivity index (χ4n) is 2.82. The third-order valence-corrected chi connectivity index (χ3v) is 5.25. The van der Waals surface area contributed by atoms with Gasteiger partial charge in [-0.15, -0.1) is 0 Å². The van der Waals surface area contributed by atoms with Gasteiger partial charge in [0.25, 0.3) is 0 Å². The highest BCUT2D eigenvalue weighted by molar-refractivity contribution is 6.42. The van der Waals surface area contributed by atoms with E-state index in [1.165, 1.54) is 0 Å². The molecule has 8 heteroatoms. The topological polar surface area (TPSA) is 65.1 Å². The van der Waals surface area contributed by atoms with Crippen LogP contribution in [0.1, 0.15) is 11.3 Å². The smallest absolute Gasteiger partial charge is 0.321 e. The van der Waals surface area contributed by atoms with Crippen molar-refractivity contribution in [1.29, 1.82) is 0 Å². The summed E-state index contributed by atoms with van der Waals surface area (Å²) in [7, 11) is 0. The van der Waals surface area contributed by atoms with Crippen LogP contribution in [0.2, 0.25) is 20.1 Å². The second-order valence-electron chi connectivity index (χ2n) is 5.81. The molecule has 1 aliphatic rings. The van der Waals surface area contributed by atoms with E-state index in [2.05, 4.69) is 10.3 Å². The Morgan fingerprint density at radius 2 is 1.69 bits per heavy atom. The summed E-state index contributed by atoms with van der Waals surface area (Å²) in [6.45, 7) is 0.510. The molecule has 3 N–H and O–H groups in total. The summed E-state index contributed by atoms with van der Waals surface area (Å²) in [5, 5.41) is 15.3. The van der Waals surface area contributed by atoms with Crippen LogP contribution >= 0.6 is 46.4 Å². The molecule has 0 bridgehead atoms. The van der Waals surface area contributed by atoms with Crippen LogP contribution in [0.5, 0.6) is 0 Å². The zero-order chi connectivity index (χ0) is 18.8. The zero-order valence-electron chi connectivity index (χ0n) is 13.3. The lowest BCUT2D eigenvalue weighted by Crippen LogP contribution is -2.41. The first kappa shape index (κ1) is 19.3. The number of nitrogens with one attached hydrogen (secondary N) is 2. The van der Waals surface area contributed by atoms with Crippen molar-refractivity contribution in [2.75, 3.05) is 0 Å². The molecule has 0 saturated carbocycles. The number of hydrogen-bond donors (Lipinski definition) is 3. The summed E-state index contributed by atoms with van der Waals surface area (Å²) in [5.74, 6) is -0.838. The molecule has 4 nitrogen and oxygen atoms in total. The van der Waals surface area contributed by atoms with E-state index >= 15 is 0 Å². The van der Waals surface area contributed by atoms with Gasteiger partial charge >= 0.3 is 5.97 Å². The number of aromatic nitrogens is 1. The predicted octanol–water partition coefficient (Wildman–Crippen LogP) is 5.57. The van der Waals surface area contributed by atoms with Gasteiger partial charge in [-0.2, -0.15) is 0 Å². The molecule has 0 amide bonds. The summed E-state index contributed by atoms with van der Waals surface area (Å²) in [6, 6.07) is 10.1. The molecular formula is C18H14Cl4N2O2. The SMILES string of the molecule is Clc1cccc(Cl)c1.O=C(O)C1Cc2c([nH]c3cc(Cl)c(Cl)cc23)CN1. The third kappa shape index (κ3) is 4.27. The van der Waals surface area contributed by atoms with Crippen molar-refractivity contribution in [3.8, 4) is 0 Å². The van der Waals surface area contributed by atoms with Gasteiger partial charge in [-0.05, 0) is 35.9 Å². The van der Waals surface area contributed by atoms with Crippen LogP contribution in [0, 0.1) is 0 Å². The molecule has 26 heavy (non-hydrogen) atoms. The summed E-state index contributed by atoms with van der Waals surface area (Å²) >= 11 is 23.1. The van der Waals surface area contributed by atoms with E-state index in [0.29, 0.717) is 33.1 Å². The van der Waals surface area contributed by atoms with Crippen LogP contribution in [0.4, 0.5) is 0 Å². The standard InChI is InChI=1S/C12H10Cl2N2O2.C6H4Cl2/c13-7-1-5-6-2-10(12(17)18)15-4-11(6)16-9(5)3-8(7)14;7-5-2-1-3-6(8)4-5/h1,3,10,15-16H,2,4H2,(H,17,18);1-4H. The minimum absolute atomic E-state index is 0.447. The number of carboxylic acid groups (broad SMARTS) is 1. The molecule has 0 spiro atoms. The van der Waals surface area contributed by atoms with Gasteiger partial charge in [0.2, 0.25) is 0 Å². The Morgan fingerprint density at radius 3 is 2.27 bits per heavy atom. The normalized spacial score (nSPS) is 15.9. The van der Waals surface area contributed by atoms with Gasteiger partial charge in [0.15, 0.2) is 0 Å². The highest BCUT2D eigenvalue weighted by atomic mass is 35.5. The number of halogens is 4.